The topological polar surface area (TPSA) is 17.1 Å². The molecule has 0 unspecified atom stereocenters. The predicted octanol–water partition coefficient (Wildman–Crippen LogP) is 3.99. The predicted molar refractivity (Wildman–Crippen MR) is 72.7 cm³/mol. The number of aryl methyl sites for hydroxylation is 1. The van der Waals surface area contributed by atoms with Gasteiger partial charge in [-0.05, 0) is 37.0 Å². The number of hydrogen-bond donors (Lipinski definition) is 0. The van der Waals surface area contributed by atoms with Crippen molar-refractivity contribution in [3.8, 4) is 0 Å². The second-order valence-corrected chi connectivity index (χ2v) is 5.09. The summed E-state index contributed by atoms with van der Waals surface area (Å²) in [5, 5.41) is 0.195. The van der Waals surface area contributed by atoms with Gasteiger partial charge in [0.05, 0.1) is 0 Å². The lowest BCUT2D eigenvalue weighted by Gasteiger charge is -2.03. The standard InChI is InChI=1S/C14H18OS/c1-11-7-6-9-14(12(11)2)8-4-5-10-16-13(3)15/h4,6-9H,5,10H2,1-3H3. The van der Waals surface area contributed by atoms with Gasteiger partial charge in [0, 0.05) is 12.7 Å². The minimum Gasteiger partial charge on any atom is -0.288 e. The van der Waals surface area contributed by atoms with Crippen molar-refractivity contribution in [3.05, 3.63) is 41.0 Å². The fraction of sp³-hybridized carbons (Fsp3) is 0.357. The van der Waals surface area contributed by atoms with Crippen LogP contribution in [0.1, 0.15) is 30.0 Å². The fourth-order valence-corrected chi connectivity index (χ4v) is 1.98. The van der Waals surface area contributed by atoms with Crippen LogP contribution >= 0.6 is 11.8 Å². The van der Waals surface area contributed by atoms with Gasteiger partial charge in [-0.25, -0.2) is 0 Å². The molecule has 0 aromatic heterocycles. The Kier molecular flexibility index (Phi) is 5.33. The average Bonchev–Trinajstić information content (AvgIpc) is 2.23. The van der Waals surface area contributed by atoms with E-state index in [-0.39, 0.29) is 5.12 Å². The first-order valence-corrected chi connectivity index (χ1v) is 6.46. The number of hydrogen-bond acceptors (Lipinski definition) is 2. The van der Waals surface area contributed by atoms with Crippen molar-refractivity contribution in [2.24, 2.45) is 0 Å². The molecule has 0 saturated carbocycles. The zero-order chi connectivity index (χ0) is 12.0. The lowest BCUT2D eigenvalue weighted by atomic mass is 10.0. The maximum Gasteiger partial charge on any atom is 0.185 e. The van der Waals surface area contributed by atoms with Gasteiger partial charge in [-0.1, -0.05) is 42.1 Å². The molecule has 0 radical (unpaired) electrons. The Morgan fingerprint density at radius 3 is 2.81 bits per heavy atom. The molecular weight excluding hydrogens is 216 g/mol. The average molecular weight is 234 g/mol. The van der Waals surface area contributed by atoms with Gasteiger partial charge in [-0.15, -0.1) is 0 Å². The molecule has 2 heteroatoms. The summed E-state index contributed by atoms with van der Waals surface area (Å²) >= 11 is 1.38. The Labute approximate surface area is 102 Å². The molecule has 0 fully saturated rings. The van der Waals surface area contributed by atoms with Gasteiger partial charge in [0.25, 0.3) is 0 Å². The Morgan fingerprint density at radius 1 is 1.38 bits per heavy atom. The SMILES string of the molecule is CC(=O)SCCC=Cc1cccc(C)c1C. The smallest absolute Gasteiger partial charge is 0.185 e. The van der Waals surface area contributed by atoms with E-state index >= 15 is 0 Å². The van der Waals surface area contributed by atoms with Gasteiger partial charge in [-0.2, -0.15) is 0 Å². The van der Waals surface area contributed by atoms with Crippen LogP contribution in [0.15, 0.2) is 24.3 Å². The summed E-state index contributed by atoms with van der Waals surface area (Å²) in [7, 11) is 0. The quantitative estimate of drug-likeness (QED) is 0.733. The molecule has 1 rings (SSSR count). The van der Waals surface area contributed by atoms with E-state index in [0.29, 0.717) is 0 Å². The lowest BCUT2D eigenvalue weighted by molar-refractivity contribution is -0.109. The number of allylic oxidation sites excluding steroid dienone is 1. The Balaban J connectivity index is 2.50. The molecule has 0 amide bonds. The van der Waals surface area contributed by atoms with E-state index < -0.39 is 0 Å². The van der Waals surface area contributed by atoms with E-state index in [1.54, 1.807) is 6.92 Å². The van der Waals surface area contributed by atoms with Crippen LogP contribution in [0.3, 0.4) is 0 Å². The van der Waals surface area contributed by atoms with Gasteiger partial charge in [0.2, 0.25) is 0 Å². The molecule has 0 N–H and O–H groups in total. The van der Waals surface area contributed by atoms with Crippen molar-refractivity contribution in [3.63, 3.8) is 0 Å². The Bertz CT molecular complexity index is 394. The van der Waals surface area contributed by atoms with Gasteiger partial charge in [-0.3, -0.25) is 4.79 Å². The Hall–Kier alpha value is -1.02. The highest BCUT2D eigenvalue weighted by molar-refractivity contribution is 8.13. The van der Waals surface area contributed by atoms with Crippen LogP contribution in [0.2, 0.25) is 0 Å². The molecule has 1 nitrogen and oxygen atoms in total. The zero-order valence-electron chi connectivity index (χ0n) is 10.1. The van der Waals surface area contributed by atoms with E-state index in [9.17, 15) is 4.79 Å². The van der Waals surface area contributed by atoms with Crippen molar-refractivity contribution in [1.29, 1.82) is 0 Å². The summed E-state index contributed by atoms with van der Waals surface area (Å²) in [5.74, 6) is 0.872. The molecule has 0 bridgehead atoms. The number of rotatable bonds is 4. The lowest BCUT2D eigenvalue weighted by Crippen LogP contribution is -1.86. The van der Waals surface area contributed by atoms with Crippen molar-refractivity contribution in [2.75, 3.05) is 5.75 Å². The minimum absolute atomic E-state index is 0.195. The molecular formula is C14H18OS. The largest absolute Gasteiger partial charge is 0.288 e. The molecule has 1 aromatic rings. The molecule has 0 aliphatic heterocycles. The maximum absolute atomic E-state index is 10.7. The van der Waals surface area contributed by atoms with Gasteiger partial charge in [0.1, 0.15) is 0 Å². The monoisotopic (exact) mass is 234 g/mol. The maximum atomic E-state index is 10.7. The first kappa shape index (κ1) is 13.0. The normalized spacial score (nSPS) is 10.9. The summed E-state index contributed by atoms with van der Waals surface area (Å²) in [6.45, 7) is 5.87. The third-order valence-electron chi connectivity index (χ3n) is 2.53. The van der Waals surface area contributed by atoms with Crippen LogP contribution in [0.25, 0.3) is 6.08 Å². The Morgan fingerprint density at radius 2 is 2.12 bits per heavy atom. The van der Waals surface area contributed by atoms with Crippen LogP contribution < -0.4 is 0 Å². The van der Waals surface area contributed by atoms with Crippen molar-refractivity contribution < 1.29 is 4.79 Å². The molecule has 0 saturated heterocycles. The molecule has 0 heterocycles. The molecule has 0 aliphatic carbocycles. The van der Waals surface area contributed by atoms with Crippen LogP contribution in [0.5, 0.6) is 0 Å². The van der Waals surface area contributed by atoms with E-state index in [2.05, 4.69) is 44.2 Å². The summed E-state index contributed by atoms with van der Waals surface area (Å²) < 4.78 is 0. The highest BCUT2D eigenvalue weighted by atomic mass is 32.2. The van der Waals surface area contributed by atoms with Crippen LogP contribution in [0.4, 0.5) is 0 Å². The molecule has 1 aromatic carbocycles. The first-order chi connectivity index (χ1) is 7.61. The van der Waals surface area contributed by atoms with Crippen molar-refractivity contribution in [1.82, 2.24) is 0 Å². The molecule has 0 spiro atoms. The molecule has 0 aliphatic rings. The third-order valence-corrected chi connectivity index (χ3v) is 3.38. The minimum atomic E-state index is 0.195. The van der Waals surface area contributed by atoms with Gasteiger partial charge < -0.3 is 0 Å². The number of benzene rings is 1. The summed E-state index contributed by atoms with van der Waals surface area (Å²) in [6.07, 6.45) is 5.22. The first-order valence-electron chi connectivity index (χ1n) is 5.47. The second-order valence-electron chi connectivity index (χ2n) is 3.82. The summed E-state index contributed by atoms with van der Waals surface area (Å²) in [6, 6.07) is 6.32. The second kappa shape index (κ2) is 6.54. The number of carbonyl (C=O) groups excluding carboxylic acids is 1. The molecule has 86 valence electrons. The molecule has 16 heavy (non-hydrogen) atoms. The highest BCUT2D eigenvalue weighted by Gasteiger charge is 1.96. The van der Waals surface area contributed by atoms with E-state index in [4.69, 9.17) is 0 Å². The van der Waals surface area contributed by atoms with Gasteiger partial charge >= 0.3 is 0 Å². The number of thioether (sulfide) groups is 1. The number of carbonyl (C=O) groups is 1. The van der Waals surface area contributed by atoms with Gasteiger partial charge in [0.15, 0.2) is 5.12 Å². The highest BCUT2D eigenvalue weighted by Crippen LogP contribution is 2.14. The van der Waals surface area contributed by atoms with Crippen molar-refractivity contribution >= 4 is 23.0 Å². The third kappa shape index (κ3) is 4.23. The van der Waals surface area contributed by atoms with Crippen molar-refractivity contribution in [2.45, 2.75) is 27.2 Å². The van der Waals surface area contributed by atoms with Crippen LogP contribution in [0, 0.1) is 13.8 Å². The fourth-order valence-electron chi connectivity index (χ4n) is 1.44. The zero-order valence-corrected chi connectivity index (χ0v) is 10.9. The van der Waals surface area contributed by atoms with E-state index in [0.717, 1.165) is 12.2 Å². The van der Waals surface area contributed by atoms with Crippen LogP contribution in [-0.4, -0.2) is 10.9 Å². The summed E-state index contributed by atoms with van der Waals surface area (Å²) in [4.78, 5) is 10.7. The summed E-state index contributed by atoms with van der Waals surface area (Å²) in [5.41, 5.74) is 3.92. The van der Waals surface area contributed by atoms with E-state index in [1.165, 1.54) is 28.5 Å². The van der Waals surface area contributed by atoms with Crippen LogP contribution in [-0.2, 0) is 4.79 Å². The molecule has 0 atom stereocenters. The van der Waals surface area contributed by atoms with E-state index in [1.807, 2.05) is 0 Å².